The van der Waals surface area contributed by atoms with Crippen molar-refractivity contribution in [3.8, 4) is 0 Å². The van der Waals surface area contributed by atoms with E-state index in [1.54, 1.807) is 12.1 Å². The van der Waals surface area contributed by atoms with E-state index in [-0.39, 0.29) is 16.9 Å². The van der Waals surface area contributed by atoms with Gasteiger partial charge >= 0.3 is 6.18 Å². The van der Waals surface area contributed by atoms with Gasteiger partial charge in [0.15, 0.2) is 0 Å². The molecule has 2 aromatic heterocycles. The number of H-pyrrole nitrogens is 1. The molecule has 0 radical (unpaired) electrons. The summed E-state index contributed by atoms with van der Waals surface area (Å²) in [6.45, 7) is -1.34. The molecule has 0 bridgehead atoms. The Balaban J connectivity index is 2.00. The fourth-order valence-electron chi connectivity index (χ4n) is 3.34. The fraction of sp³-hybridized carbons (Fsp3) is 0.222. The molecule has 1 aliphatic rings. The number of allylic oxidation sites excluding steroid dienone is 2. The van der Waals surface area contributed by atoms with Crippen molar-refractivity contribution in [2.24, 2.45) is 0 Å². The largest absolute Gasteiger partial charge is 0.406 e. The number of fused-ring (bicyclic) bond motifs is 3. The van der Waals surface area contributed by atoms with Crippen molar-refractivity contribution in [2.75, 3.05) is 7.05 Å². The molecule has 26 heavy (non-hydrogen) atoms. The van der Waals surface area contributed by atoms with Gasteiger partial charge < -0.3 is 4.90 Å². The summed E-state index contributed by atoms with van der Waals surface area (Å²) in [7, 11) is 1.88. The summed E-state index contributed by atoms with van der Waals surface area (Å²) in [6, 6.07) is 5.12. The lowest BCUT2D eigenvalue weighted by molar-refractivity contribution is -0.140. The maximum atomic E-state index is 13.1. The average molecular weight is 360 g/mol. The molecule has 0 saturated heterocycles. The number of halogens is 3. The van der Waals surface area contributed by atoms with Crippen molar-refractivity contribution in [3.05, 3.63) is 64.7 Å². The molecule has 0 spiro atoms. The van der Waals surface area contributed by atoms with Crippen LogP contribution in [0.25, 0.3) is 21.8 Å². The number of likely N-dealkylation sites (N-methyl/N-ethyl adjacent to an activating group) is 1. The summed E-state index contributed by atoms with van der Waals surface area (Å²) in [5.41, 5.74) is 0.776. The molecule has 0 aliphatic carbocycles. The molecule has 8 heteroatoms. The monoisotopic (exact) mass is 360 g/mol. The number of nitrogens with one attached hydrogen (secondary N) is 1. The first-order valence-electron chi connectivity index (χ1n) is 7.98. The van der Waals surface area contributed by atoms with Crippen LogP contribution in [0.15, 0.2) is 53.6 Å². The minimum Gasteiger partial charge on any atom is -0.370 e. The zero-order valence-corrected chi connectivity index (χ0v) is 13.8. The number of hydrogen-bond acceptors (Lipinski definition) is 3. The van der Waals surface area contributed by atoms with Crippen molar-refractivity contribution >= 4 is 21.8 Å². The Kier molecular flexibility index (Phi) is 3.64. The molecule has 3 aromatic rings. The van der Waals surface area contributed by atoms with E-state index in [0.717, 1.165) is 10.1 Å². The zero-order chi connectivity index (χ0) is 18.5. The van der Waals surface area contributed by atoms with E-state index in [0.29, 0.717) is 10.9 Å². The van der Waals surface area contributed by atoms with Gasteiger partial charge in [-0.1, -0.05) is 24.3 Å². The number of pyridine rings is 1. The third kappa shape index (κ3) is 2.67. The minimum absolute atomic E-state index is 0.115. The van der Waals surface area contributed by atoms with E-state index in [1.807, 2.05) is 42.4 Å². The highest BCUT2D eigenvalue weighted by atomic mass is 19.4. The average Bonchev–Trinajstić information content (AvgIpc) is 3.08. The molecular weight excluding hydrogens is 345 g/mol. The molecule has 1 unspecified atom stereocenters. The SMILES string of the molecule is CN1C=CC=CC1c1ccc2c3[nH]ncc3c(=O)n(CC(F)(F)F)c2c1. The van der Waals surface area contributed by atoms with Gasteiger partial charge in [-0.3, -0.25) is 14.5 Å². The predicted molar refractivity (Wildman–Crippen MR) is 92.7 cm³/mol. The Morgan fingerprint density at radius 3 is 2.77 bits per heavy atom. The lowest BCUT2D eigenvalue weighted by atomic mass is 10.0. The number of aromatic nitrogens is 3. The Morgan fingerprint density at radius 1 is 1.23 bits per heavy atom. The molecule has 1 atom stereocenters. The Hall–Kier alpha value is -3.03. The summed E-state index contributed by atoms with van der Waals surface area (Å²) in [5, 5.41) is 7.22. The quantitative estimate of drug-likeness (QED) is 0.761. The summed E-state index contributed by atoms with van der Waals surface area (Å²) in [6.07, 6.45) is 4.35. The van der Waals surface area contributed by atoms with Crippen LogP contribution in [0, 0.1) is 0 Å². The van der Waals surface area contributed by atoms with Gasteiger partial charge in [-0.15, -0.1) is 0 Å². The number of aromatic amines is 1. The van der Waals surface area contributed by atoms with E-state index in [9.17, 15) is 18.0 Å². The number of nitrogens with zero attached hydrogens (tertiary/aromatic N) is 3. The van der Waals surface area contributed by atoms with Crippen molar-refractivity contribution in [2.45, 2.75) is 18.8 Å². The molecule has 1 N–H and O–H groups in total. The summed E-state index contributed by atoms with van der Waals surface area (Å²) >= 11 is 0. The Morgan fingerprint density at radius 2 is 2.04 bits per heavy atom. The molecular formula is C18H15F3N4O. The second-order valence-electron chi connectivity index (χ2n) is 6.28. The van der Waals surface area contributed by atoms with E-state index in [4.69, 9.17) is 0 Å². The van der Waals surface area contributed by atoms with Crippen LogP contribution in [-0.4, -0.2) is 32.9 Å². The van der Waals surface area contributed by atoms with E-state index in [1.165, 1.54) is 6.20 Å². The van der Waals surface area contributed by atoms with Crippen LogP contribution in [0.5, 0.6) is 0 Å². The third-order valence-electron chi connectivity index (χ3n) is 4.54. The molecule has 5 nitrogen and oxygen atoms in total. The lowest BCUT2D eigenvalue weighted by Gasteiger charge is -2.27. The van der Waals surface area contributed by atoms with Gasteiger partial charge in [0.25, 0.3) is 5.56 Å². The minimum atomic E-state index is -4.51. The second kappa shape index (κ2) is 5.76. The van der Waals surface area contributed by atoms with Crippen LogP contribution in [0.4, 0.5) is 13.2 Å². The van der Waals surface area contributed by atoms with Gasteiger partial charge in [-0.25, -0.2) is 0 Å². The molecule has 1 aliphatic heterocycles. The van der Waals surface area contributed by atoms with Gasteiger partial charge in [0.05, 0.1) is 28.7 Å². The van der Waals surface area contributed by atoms with Gasteiger partial charge in [-0.05, 0) is 23.9 Å². The predicted octanol–water partition coefficient (Wildman–Crippen LogP) is 3.50. The number of alkyl halides is 3. The number of rotatable bonds is 2. The van der Waals surface area contributed by atoms with E-state index < -0.39 is 18.3 Å². The normalized spacial score (nSPS) is 17.5. The highest BCUT2D eigenvalue weighted by molar-refractivity contribution is 6.03. The lowest BCUT2D eigenvalue weighted by Crippen LogP contribution is -2.28. The first kappa shape index (κ1) is 16.4. The van der Waals surface area contributed by atoms with Crippen molar-refractivity contribution < 1.29 is 13.2 Å². The zero-order valence-electron chi connectivity index (χ0n) is 13.8. The van der Waals surface area contributed by atoms with Gasteiger partial charge in [0.1, 0.15) is 6.54 Å². The van der Waals surface area contributed by atoms with Crippen LogP contribution in [0.2, 0.25) is 0 Å². The standard InChI is InChI=1S/C18H15F3N4O/c1-24-7-3-2-4-14(24)11-5-6-12-15(8-11)25(10-18(19,20)21)17(26)13-9-22-23-16(12)13/h2-9,14H,10H2,1H3,(H,22,23). The maximum absolute atomic E-state index is 13.1. The Labute approximate surface area is 146 Å². The third-order valence-corrected chi connectivity index (χ3v) is 4.54. The topological polar surface area (TPSA) is 53.9 Å². The van der Waals surface area contributed by atoms with Gasteiger partial charge in [0, 0.05) is 12.4 Å². The summed E-state index contributed by atoms with van der Waals surface area (Å²) < 4.78 is 40.0. The molecule has 4 rings (SSSR count). The van der Waals surface area contributed by atoms with Crippen molar-refractivity contribution in [3.63, 3.8) is 0 Å². The van der Waals surface area contributed by atoms with Crippen LogP contribution in [0.1, 0.15) is 11.6 Å². The molecule has 134 valence electrons. The highest BCUT2D eigenvalue weighted by Gasteiger charge is 2.30. The van der Waals surface area contributed by atoms with Gasteiger partial charge in [0.2, 0.25) is 0 Å². The molecule has 0 amide bonds. The van der Waals surface area contributed by atoms with E-state index >= 15 is 0 Å². The van der Waals surface area contributed by atoms with E-state index in [2.05, 4.69) is 10.2 Å². The van der Waals surface area contributed by atoms with Crippen LogP contribution in [-0.2, 0) is 6.54 Å². The summed E-state index contributed by atoms with van der Waals surface area (Å²) in [4.78, 5) is 14.5. The van der Waals surface area contributed by atoms with Crippen LogP contribution in [0.3, 0.4) is 0 Å². The van der Waals surface area contributed by atoms with Gasteiger partial charge in [-0.2, -0.15) is 18.3 Å². The summed E-state index contributed by atoms with van der Waals surface area (Å²) in [5.74, 6) is 0. The first-order chi connectivity index (χ1) is 12.3. The highest BCUT2D eigenvalue weighted by Crippen LogP contribution is 2.30. The first-order valence-corrected chi connectivity index (χ1v) is 7.98. The Bertz CT molecular complexity index is 1110. The second-order valence-corrected chi connectivity index (χ2v) is 6.28. The molecule has 0 saturated carbocycles. The van der Waals surface area contributed by atoms with Crippen molar-refractivity contribution in [1.82, 2.24) is 19.7 Å². The smallest absolute Gasteiger partial charge is 0.370 e. The molecule has 3 heterocycles. The molecule has 0 fully saturated rings. The van der Waals surface area contributed by atoms with Crippen molar-refractivity contribution in [1.29, 1.82) is 0 Å². The number of hydrogen-bond donors (Lipinski definition) is 1. The fourth-order valence-corrected chi connectivity index (χ4v) is 3.34. The van der Waals surface area contributed by atoms with Crippen LogP contribution < -0.4 is 5.56 Å². The molecule has 1 aromatic carbocycles. The maximum Gasteiger partial charge on any atom is 0.406 e. The number of benzene rings is 1. The van der Waals surface area contributed by atoms with Crippen LogP contribution >= 0.6 is 0 Å².